The van der Waals surface area contributed by atoms with Gasteiger partial charge in [-0.15, -0.1) is 9.35 Å². The summed E-state index contributed by atoms with van der Waals surface area (Å²) in [7, 11) is -9.80. The molecule has 14 heteroatoms. The van der Waals surface area contributed by atoms with Crippen LogP contribution in [0.2, 0.25) is 0 Å². The predicted octanol–water partition coefficient (Wildman–Crippen LogP) is 2.17. The highest BCUT2D eigenvalue weighted by molar-refractivity contribution is 7.87. The molecule has 1 unspecified atom stereocenters. The zero-order valence-electron chi connectivity index (χ0n) is 16.1. The quantitative estimate of drug-likeness (QED) is 0.443. The lowest BCUT2D eigenvalue weighted by Crippen LogP contribution is -2.36. The van der Waals surface area contributed by atoms with E-state index in [-0.39, 0.29) is 9.96 Å². The van der Waals surface area contributed by atoms with Gasteiger partial charge in [-0.05, 0) is 31.2 Å². The third-order valence-corrected chi connectivity index (χ3v) is 6.82. The highest BCUT2D eigenvalue weighted by Gasteiger charge is 2.47. The van der Waals surface area contributed by atoms with E-state index in [0.29, 0.717) is 12.1 Å². The first-order valence-corrected chi connectivity index (χ1v) is 11.5. The number of alkyl halides is 3. The van der Waals surface area contributed by atoms with Crippen LogP contribution in [0.4, 0.5) is 13.2 Å². The Morgan fingerprint density at radius 2 is 1.53 bits per heavy atom. The van der Waals surface area contributed by atoms with Crippen LogP contribution in [-0.4, -0.2) is 39.8 Å². The molecule has 0 radical (unpaired) electrons. The van der Waals surface area contributed by atoms with Crippen molar-refractivity contribution in [2.45, 2.75) is 35.4 Å². The van der Waals surface area contributed by atoms with Gasteiger partial charge in [0.05, 0.1) is 16.9 Å². The van der Waals surface area contributed by atoms with Crippen molar-refractivity contribution in [3.8, 4) is 0 Å². The smallest absolute Gasteiger partial charge is 0.272 e. The Hall–Kier alpha value is -2.81. The molecular formula is C18H14F3NO8S2. The second kappa shape index (κ2) is 8.27. The summed E-state index contributed by atoms with van der Waals surface area (Å²) >= 11 is 0. The number of imide groups is 1. The molecule has 2 aromatic rings. The second-order valence-corrected chi connectivity index (χ2v) is 9.67. The number of benzene rings is 2. The summed E-state index contributed by atoms with van der Waals surface area (Å²) in [6, 6.07) is 8.26. The Kier molecular flexibility index (Phi) is 6.16. The molecule has 0 bridgehead atoms. The fraction of sp³-hybridized carbons (Fsp3) is 0.222. The van der Waals surface area contributed by atoms with Gasteiger partial charge in [-0.3, -0.25) is 13.8 Å². The van der Waals surface area contributed by atoms with Gasteiger partial charge in [0.1, 0.15) is 4.90 Å². The number of amides is 2. The molecule has 1 saturated heterocycles. The van der Waals surface area contributed by atoms with E-state index in [1.54, 1.807) is 6.92 Å². The molecular weight excluding hydrogens is 479 g/mol. The van der Waals surface area contributed by atoms with Gasteiger partial charge in [0.15, 0.2) is 6.10 Å². The Morgan fingerprint density at radius 3 is 2.12 bits per heavy atom. The van der Waals surface area contributed by atoms with E-state index in [4.69, 9.17) is 0 Å². The molecule has 0 aromatic heterocycles. The van der Waals surface area contributed by atoms with Crippen molar-refractivity contribution >= 4 is 32.1 Å². The van der Waals surface area contributed by atoms with Crippen molar-refractivity contribution in [2.24, 2.45) is 0 Å². The van der Waals surface area contributed by atoms with Crippen LogP contribution in [0.5, 0.6) is 0 Å². The minimum atomic E-state index is -5.16. The minimum absolute atomic E-state index is 0.189. The number of rotatable bonds is 6. The van der Waals surface area contributed by atoms with Gasteiger partial charge in [-0.1, -0.05) is 29.8 Å². The van der Waals surface area contributed by atoms with Crippen molar-refractivity contribution in [2.75, 3.05) is 0 Å². The Bertz CT molecular complexity index is 1270. The van der Waals surface area contributed by atoms with Crippen LogP contribution in [0, 0.1) is 6.92 Å². The van der Waals surface area contributed by atoms with Gasteiger partial charge in [0.25, 0.3) is 21.9 Å². The molecule has 0 aliphatic carbocycles. The lowest BCUT2D eigenvalue weighted by Gasteiger charge is -2.16. The first-order chi connectivity index (χ1) is 14.7. The molecule has 9 nitrogen and oxygen atoms in total. The number of aryl methyl sites for hydroxylation is 1. The van der Waals surface area contributed by atoms with Gasteiger partial charge in [0.2, 0.25) is 0 Å². The summed E-state index contributed by atoms with van der Waals surface area (Å²) in [5, 5.41) is -0.189. The van der Waals surface area contributed by atoms with Crippen LogP contribution in [-0.2, 0) is 44.5 Å². The molecule has 1 fully saturated rings. The monoisotopic (exact) mass is 493 g/mol. The van der Waals surface area contributed by atoms with E-state index in [9.17, 15) is 39.6 Å². The zero-order chi connectivity index (χ0) is 23.9. The fourth-order valence-corrected chi connectivity index (χ4v) is 4.87. The Morgan fingerprint density at radius 1 is 0.938 bits per heavy atom. The predicted molar refractivity (Wildman–Crippen MR) is 99.4 cm³/mol. The summed E-state index contributed by atoms with van der Waals surface area (Å²) in [5.41, 5.74) is -0.818. The van der Waals surface area contributed by atoms with Crippen molar-refractivity contribution < 1.29 is 48.1 Å². The first-order valence-electron chi connectivity index (χ1n) is 8.70. The maximum Gasteiger partial charge on any atom is 0.417 e. The first kappa shape index (κ1) is 23.8. The molecule has 0 N–H and O–H groups in total. The molecule has 0 saturated carbocycles. The van der Waals surface area contributed by atoms with Crippen LogP contribution in [0.15, 0.2) is 58.3 Å². The number of hydrogen-bond donors (Lipinski definition) is 0. The van der Waals surface area contributed by atoms with Gasteiger partial charge >= 0.3 is 16.3 Å². The van der Waals surface area contributed by atoms with Crippen LogP contribution < -0.4 is 0 Å². The molecule has 1 aliphatic rings. The van der Waals surface area contributed by atoms with Crippen molar-refractivity contribution in [1.29, 1.82) is 0 Å². The second-order valence-electron chi connectivity index (χ2n) is 6.61. The molecule has 1 heterocycles. The lowest BCUT2D eigenvalue weighted by atomic mass is 10.2. The number of halogens is 3. The third kappa shape index (κ3) is 4.82. The molecule has 0 spiro atoms. The number of carbonyl (C=O) groups excluding carboxylic acids is 2. The summed E-state index contributed by atoms with van der Waals surface area (Å²) in [4.78, 5) is 22.8. The topological polar surface area (TPSA) is 124 Å². The molecule has 1 atom stereocenters. The molecule has 3 rings (SSSR count). The average molecular weight is 493 g/mol. The molecule has 32 heavy (non-hydrogen) atoms. The maximum atomic E-state index is 13.1. The number of hydroxylamine groups is 2. The average Bonchev–Trinajstić information content (AvgIpc) is 2.94. The van der Waals surface area contributed by atoms with Crippen molar-refractivity contribution in [1.82, 2.24) is 5.06 Å². The van der Waals surface area contributed by atoms with E-state index in [0.717, 1.165) is 29.8 Å². The van der Waals surface area contributed by atoms with Gasteiger partial charge in [-0.2, -0.15) is 30.0 Å². The lowest BCUT2D eigenvalue weighted by molar-refractivity contribution is -0.165. The van der Waals surface area contributed by atoms with E-state index < -0.39 is 61.2 Å². The van der Waals surface area contributed by atoms with Crippen LogP contribution >= 0.6 is 0 Å². The van der Waals surface area contributed by atoms with Crippen molar-refractivity contribution in [3.05, 3.63) is 59.7 Å². The summed E-state index contributed by atoms with van der Waals surface area (Å²) < 4.78 is 97.9. The van der Waals surface area contributed by atoms with Gasteiger partial charge in [0, 0.05) is 0 Å². The fourth-order valence-electron chi connectivity index (χ4n) is 2.71. The highest BCUT2D eigenvalue weighted by atomic mass is 32.2. The Labute approximate surface area is 180 Å². The summed E-state index contributed by atoms with van der Waals surface area (Å²) in [6.45, 7) is 1.68. The van der Waals surface area contributed by atoms with Crippen LogP contribution in [0.25, 0.3) is 0 Å². The molecule has 172 valence electrons. The highest BCUT2D eigenvalue weighted by Crippen LogP contribution is 2.35. The molecule has 2 aromatic carbocycles. The van der Waals surface area contributed by atoms with Crippen molar-refractivity contribution in [3.63, 3.8) is 0 Å². The van der Waals surface area contributed by atoms with E-state index in [2.05, 4.69) is 8.47 Å². The minimum Gasteiger partial charge on any atom is -0.272 e. The molecule has 2 amide bonds. The number of hydrogen-bond acceptors (Lipinski definition) is 8. The number of carbonyl (C=O) groups is 2. The zero-order valence-corrected chi connectivity index (χ0v) is 17.7. The third-order valence-electron chi connectivity index (χ3n) is 4.25. The summed E-state index contributed by atoms with van der Waals surface area (Å²) in [5.74, 6) is -2.76. The number of nitrogens with zero attached hydrogens (tertiary/aromatic N) is 1. The van der Waals surface area contributed by atoms with E-state index in [1.807, 2.05) is 0 Å². The van der Waals surface area contributed by atoms with E-state index in [1.165, 1.54) is 12.1 Å². The standard InChI is InChI=1S/C18H14F3NO8S2/c1-11-6-8-12(9-7-11)31(25,26)30-22-16(23)10-14(17(22)24)29-32(27,28)15-5-3-2-4-13(15)18(19,20)21/h2-9,14H,10H2,1H3. The van der Waals surface area contributed by atoms with Crippen LogP contribution in [0.3, 0.4) is 0 Å². The molecule has 1 aliphatic heterocycles. The summed E-state index contributed by atoms with van der Waals surface area (Å²) in [6.07, 6.45) is -8.11. The largest absolute Gasteiger partial charge is 0.417 e. The van der Waals surface area contributed by atoms with E-state index >= 15 is 0 Å². The van der Waals surface area contributed by atoms with Gasteiger partial charge < -0.3 is 0 Å². The SMILES string of the molecule is Cc1ccc(S(=O)(=O)ON2C(=O)CC(OS(=O)(=O)c3ccccc3C(F)(F)F)C2=O)cc1. The maximum absolute atomic E-state index is 13.1. The van der Waals surface area contributed by atoms with Crippen LogP contribution in [0.1, 0.15) is 17.5 Å². The van der Waals surface area contributed by atoms with Gasteiger partial charge in [-0.25, -0.2) is 0 Å². The normalized spacial score (nSPS) is 17.8. The Balaban J connectivity index is 1.83.